The summed E-state index contributed by atoms with van der Waals surface area (Å²) in [6.45, 7) is 7.90. The zero-order chi connectivity index (χ0) is 14.7. The van der Waals surface area contributed by atoms with Gasteiger partial charge in [0.15, 0.2) is 0 Å². The van der Waals surface area contributed by atoms with E-state index in [1.807, 2.05) is 37.3 Å². The molecule has 2 N–H and O–H groups in total. The molecule has 2 aromatic rings. The quantitative estimate of drug-likeness (QED) is 0.852. The molecule has 1 aromatic carbocycles. The molecule has 3 nitrogen and oxygen atoms in total. The van der Waals surface area contributed by atoms with Crippen LogP contribution in [-0.2, 0) is 6.42 Å². The summed E-state index contributed by atoms with van der Waals surface area (Å²) in [6, 6.07) is 6.10. The molecule has 20 heavy (non-hydrogen) atoms. The molecular weight excluding hydrogens is 270 g/mol. The van der Waals surface area contributed by atoms with Crippen LogP contribution in [-0.4, -0.2) is 30.0 Å². The van der Waals surface area contributed by atoms with Crippen LogP contribution in [0.2, 0.25) is 5.02 Å². The van der Waals surface area contributed by atoms with E-state index in [2.05, 4.69) is 29.5 Å². The summed E-state index contributed by atoms with van der Waals surface area (Å²) in [5.41, 5.74) is 3.20. The van der Waals surface area contributed by atoms with E-state index >= 15 is 0 Å². The first-order chi connectivity index (χ1) is 9.58. The Balaban J connectivity index is 2.28. The van der Waals surface area contributed by atoms with Gasteiger partial charge in [0.2, 0.25) is 0 Å². The van der Waals surface area contributed by atoms with Gasteiger partial charge in [-0.1, -0.05) is 36.9 Å². The van der Waals surface area contributed by atoms with Gasteiger partial charge in [-0.2, -0.15) is 0 Å². The fourth-order valence-corrected chi connectivity index (χ4v) is 2.54. The first-order valence-corrected chi connectivity index (χ1v) is 6.92. The van der Waals surface area contributed by atoms with Crippen LogP contribution in [0.3, 0.4) is 0 Å². The number of aromatic amines is 1. The van der Waals surface area contributed by atoms with E-state index in [9.17, 15) is 0 Å². The highest BCUT2D eigenvalue weighted by Crippen LogP contribution is 2.26. The largest absolute Gasteiger partial charge is 0.360 e. The standard InChI is InChI=1S/C16H20ClN3/c1-5-20(4)11(2)15(18-3)9-12-10-19-16-13(12)7-6-8-14(16)17/h5-8,10,15,18-19H,1-2,9H2,3-4H3. The molecule has 0 aliphatic heterocycles. The summed E-state index contributed by atoms with van der Waals surface area (Å²) in [5, 5.41) is 5.20. The summed E-state index contributed by atoms with van der Waals surface area (Å²) < 4.78 is 0. The third-order valence-corrected chi connectivity index (χ3v) is 3.97. The topological polar surface area (TPSA) is 31.1 Å². The Bertz CT molecular complexity index is 630. The van der Waals surface area contributed by atoms with Crippen LogP contribution in [0.15, 0.2) is 49.5 Å². The lowest BCUT2D eigenvalue weighted by Gasteiger charge is -2.25. The highest BCUT2D eigenvalue weighted by molar-refractivity contribution is 6.35. The Morgan fingerprint density at radius 2 is 2.30 bits per heavy atom. The molecule has 1 aromatic heterocycles. The number of nitrogens with one attached hydrogen (secondary N) is 2. The molecule has 0 saturated carbocycles. The van der Waals surface area contributed by atoms with Gasteiger partial charge in [-0.25, -0.2) is 0 Å². The van der Waals surface area contributed by atoms with Gasteiger partial charge >= 0.3 is 0 Å². The van der Waals surface area contributed by atoms with E-state index in [-0.39, 0.29) is 6.04 Å². The summed E-state index contributed by atoms with van der Waals surface area (Å²) in [6.07, 6.45) is 4.62. The van der Waals surface area contributed by atoms with Crippen LogP contribution in [0.5, 0.6) is 0 Å². The van der Waals surface area contributed by atoms with E-state index in [0.717, 1.165) is 28.0 Å². The molecule has 4 heteroatoms. The molecule has 1 atom stereocenters. The number of H-pyrrole nitrogens is 1. The minimum absolute atomic E-state index is 0.149. The molecular formula is C16H20ClN3. The number of hydrogen-bond acceptors (Lipinski definition) is 2. The average molecular weight is 290 g/mol. The third-order valence-electron chi connectivity index (χ3n) is 3.65. The first-order valence-electron chi connectivity index (χ1n) is 6.54. The molecule has 2 rings (SSSR count). The van der Waals surface area contributed by atoms with Crippen molar-refractivity contribution >= 4 is 22.5 Å². The second-order valence-electron chi connectivity index (χ2n) is 4.81. The number of halogens is 1. The third kappa shape index (κ3) is 2.74. The fraction of sp³-hybridized carbons (Fsp3) is 0.250. The van der Waals surface area contributed by atoms with Crippen LogP contribution in [0.25, 0.3) is 10.9 Å². The Kier molecular flexibility index (Phi) is 4.53. The van der Waals surface area contributed by atoms with Crippen molar-refractivity contribution in [3.05, 3.63) is 60.0 Å². The smallest absolute Gasteiger partial charge is 0.0647 e. The number of likely N-dealkylation sites (N-methyl/N-ethyl adjacent to an activating group) is 2. The predicted molar refractivity (Wildman–Crippen MR) is 87.0 cm³/mol. The van der Waals surface area contributed by atoms with Gasteiger partial charge in [0.05, 0.1) is 16.6 Å². The van der Waals surface area contributed by atoms with Gasteiger partial charge in [-0.15, -0.1) is 0 Å². The van der Waals surface area contributed by atoms with Crippen LogP contribution in [0, 0.1) is 0 Å². The average Bonchev–Trinajstić information content (AvgIpc) is 2.87. The summed E-state index contributed by atoms with van der Waals surface area (Å²) in [5.74, 6) is 0. The molecule has 1 heterocycles. The van der Waals surface area contributed by atoms with E-state index in [0.29, 0.717) is 0 Å². The Labute approximate surface area is 124 Å². The molecule has 0 saturated heterocycles. The number of fused-ring (bicyclic) bond motifs is 1. The van der Waals surface area contributed by atoms with Crippen LogP contribution < -0.4 is 5.32 Å². The normalized spacial score (nSPS) is 12.3. The second-order valence-corrected chi connectivity index (χ2v) is 5.21. The van der Waals surface area contributed by atoms with Gasteiger partial charge in [0.1, 0.15) is 0 Å². The van der Waals surface area contributed by atoms with E-state index < -0.39 is 0 Å². The van der Waals surface area contributed by atoms with Crippen LogP contribution in [0.4, 0.5) is 0 Å². The van der Waals surface area contributed by atoms with Crippen molar-refractivity contribution < 1.29 is 0 Å². The summed E-state index contributed by atoms with van der Waals surface area (Å²) in [4.78, 5) is 5.18. The Hall–Kier alpha value is -1.71. The van der Waals surface area contributed by atoms with Gasteiger partial charge in [-0.3, -0.25) is 0 Å². The minimum atomic E-state index is 0.149. The summed E-state index contributed by atoms with van der Waals surface area (Å²) in [7, 11) is 3.89. The van der Waals surface area contributed by atoms with Crippen LogP contribution >= 0.6 is 11.6 Å². The van der Waals surface area contributed by atoms with E-state index in [4.69, 9.17) is 11.6 Å². The molecule has 0 spiro atoms. The predicted octanol–water partition coefficient (Wildman–Crippen LogP) is 3.54. The number of rotatable bonds is 6. The minimum Gasteiger partial charge on any atom is -0.360 e. The fourth-order valence-electron chi connectivity index (χ4n) is 2.31. The zero-order valence-electron chi connectivity index (χ0n) is 11.9. The zero-order valence-corrected chi connectivity index (χ0v) is 12.7. The van der Waals surface area contributed by atoms with E-state index in [1.165, 1.54) is 5.56 Å². The highest BCUT2D eigenvalue weighted by atomic mass is 35.5. The molecule has 0 bridgehead atoms. The Morgan fingerprint density at radius 3 is 2.95 bits per heavy atom. The lowest BCUT2D eigenvalue weighted by Crippen LogP contribution is -2.34. The lowest BCUT2D eigenvalue weighted by molar-refractivity contribution is 0.471. The maximum absolute atomic E-state index is 6.19. The molecule has 0 radical (unpaired) electrons. The second kappa shape index (κ2) is 6.16. The van der Waals surface area contributed by atoms with E-state index in [1.54, 1.807) is 6.20 Å². The lowest BCUT2D eigenvalue weighted by atomic mass is 10.0. The maximum atomic E-state index is 6.19. The van der Waals surface area contributed by atoms with Crippen molar-refractivity contribution in [2.24, 2.45) is 0 Å². The monoisotopic (exact) mass is 289 g/mol. The van der Waals surface area contributed by atoms with Gasteiger partial charge < -0.3 is 15.2 Å². The molecule has 1 unspecified atom stereocenters. The van der Waals surface area contributed by atoms with Crippen molar-refractivity contribution in [3.63, 3.8) is 0 Å². The number of aromatic nitrogens is 1. The van der Waals surface area contributed by atoms with Gasteiger partial charge in [0, 0.05) is 24.3 Å². The summed E-state index contributed by atoms with van der Waals surface area (Å²) >= 11 is 6.19. The Morgan fingerprint density at radius 1 is 1.55 bits per heavy atom. The SMILES string of the molecule is C=CN(C)C(=C)C(Cc1c[nH]c2c(Cl)cccc12)NC. The highest BCUT2D eigenvalue weighted by Gasteiger charge is 2.16. The van der Waals surface area contributed by atoms with Crippen molar-refractivity contribution in [2.75, 3.05) is 14.1 Å². The molecule has 0 amide bonds. The van der Waals surface area contributed by atoms with Crippen LogP contribution in [0.1, 0.15) is 5.56 Å². The first kappa shape index (κ1) is 14.7. The van der Waals surface area contributed by atoms with Gasteiger partial charge in [0.25, 0.3) is 0 Å². The van der Waals surface area contributed by atoms with Crippen molar-refractivity contribution in [1.29, 1.82) is 0 Å². The number of nitrogens with zero attached hydrogens (tertiary/aromatic N) is 1. The van der Waals surface area contributed by atoms with Crippen molar-refractivity contribution in [3.8, 4) is 0 Å². The number of hydrogen-bond donors (Lipinski definition) is 2. The van der Waals surface area contributed by atoms with Crippen molar-refractivity contribution in [1.82, 2.24) is 15.2 Å². The number of benzene rings is 1. The van der Waals surface area contributed by atoms with Gasteiger partial charge in [-0.05, 0) is 31.3 Å². The molecule has 0 aliphatic rings. The molecule has 0 fully saturated rings. The molecule has 106 valence electrons. The van der Waals surface area contributed by atoms with Crippen molar-refractivity contribution in [2.45, 2.75) is 12.5 Å². The maximum Gasteiger partial charge on any atom is 0.0647 e. The molecule has 0 aliphatic carbocycles. The number of para-hydroxylation sites is 1.